The lowest BCUT2D eigenvalue weighted by Gasteiger charge is -2.24. The van der Waals surface area contributed by atoms with Crippen LogP contribution in [-0.2, 0) is 6.54 Å². The Morgan fingerprint density at radius 2 is 1.55 bits per heavy atom. The molecule has 3 rings (SSSR count). The van der Waals surface area contributed by atoms with Gasteiger partial charge in [0.25, 0.3) is 0 Å². The molecule has 2 aromatic carbocycles. The summed E-state index contributed by atoms with van der Waals surface area (Å²) < 4.78 is 21.5. The van der Waals surface area contributed by atoms with Gasteiger partial charge in [0.15, 0.2) is 17.3 Å². The number of carbonyl (C=O) groups is 1. The molecule has 0 aliphatic heterocycles. The van der Waals surface area contributed by atoms with Crippen molar-refractivity contribution in [2.24, 2.45) is 0 Å². The van der Waals surface area contributed by atoms with E-state index in [1.165, 1.54) is 0 Å². The van der Waals surface area contributed by atoms with Crippen LogP contribution in [0.25, 0.3) is 0 Å². The molecule has 31 heavy (non-hydrogen) atoms. The van der Waals surface area contributed by atoms with Crippen LogP contribution in [0.5, 0.6) is 23.0 Å². The third-order valence-corrected chi connectivity index (χ3v) is 4.82. The molecule has 0 unspecified atom stereocenters. The molecule has 0 fully saturated rings. The Kier molecular flexibility index (Phi) is 7.32. The van der Waals surface area contributed by atoms with E-state index >= 15 is 0 Å². The largest absolute Gasteiger partial charge is 0.497 e. The normalized spacial score (nSPS) is 10.3. The molecule has 0 radical (unpaired) electrons. The van der Waals surface area contributed by atoms with E-state index in [4.69, 9.17) is 18.9 Å². The minimum absolute atomic E-state index is 0.0271. The monoisotopic (exact) mass is 422 g/mol. The van der Waals surface area contributed by atoms with Crippen molar-refractivity contribution in [1.29, 1.82) is 0 Å². The zero-order valence-electron chi connectivity index (χ0n) is 18.1. The van der Waals surface area contributed by atoms with E-state index in [-0.39, 0.29) is 12.3 Å². The molecule has 7 heteroatoms. The fourth-order valence-corrected chi connectivity index (χ4v) is 3.25. The van der Waals surface area contributed by atoms with E-state index < -0.39 is 0 Å². The third kappa shape index (κ3) is 5.25. The van der Waals surface area contributed by atoms with E-state index in [9.17, 15) is 4.79 Å². The van der Waals surface area contributed by atoms with Crippen LogP contribution in [0.15, 0.2) is 60.8 Å². The third-order valence-electron chi connectivity index (χ3n) is 4.82. The van der Waals surface area contributed by atoms with E-state index in [0.717, 1.165) is 5.56 Å². The van der Waals surface area contributed by atoms with Crippen molar-refractivity contribution in [2.75, 3.05) is 39.9 Å². The first-order chi connectivity index (χ1) is 15.1. The minimum atomic E-state index is -0.0271. The standard InChI is InChI=1S/C24H26N2O5/c1-28-19-10-8-18(9-11-19)20(27)16-26(23-7-5-6-12-25-23)15-17-13-21(29-2)24(31-4)22(14-17)30-3/h5-14H,15-16H2,1-4H3. The number of Topliss-reactive ketones (excluding diaryl/α,β-unsaturated/α-hetero) is 1. The maximum atomic E-state index is 13.0. The van der Waals surface area contributed by atoms with Gasteiger partial charge in [0.05, 0.1) is 35.0 Å². The summed E-state index contributed by atoms with van der Waals surface area (Å²) in [6.07, 6.45) is 1.70. The molecule has 0 saturated heterocycles. The smallest absolute Gasteiger partial charge is 0.203 e. The Bertz CT molecular complexity index is 981. The van der Waals surface area contributed by atoms with Gasteiger partial charge in [-0.2, -0.15) is 0 Å². The summed E-state index contributed by atoms with van der Waals surface area (Å²) in [7, 11) is 6.31. The molecule has 162 valence electrons. The summed E-state index contributed by atoms with van der Waals surface area (Å²) in [5.41, 5.74) is 1.49. The van der Waals surface area contributed by atoms with Gasteiger partial charge in [0, 0.05) is 18.3 Å². The van der Waals surface area contributed by atoms with Crippen LogP contribution < -0.4 is 23.8 Å². The Hall–Kier alpha value is -3.74. The quantitative estimate of drug-likeness (QED) is 0.457. The summed E-state index contributed by atoms with van der Waals surface area (Å²) >= 11 is 0. The zero-order chi connectivity index (χ0) is 22.2. The number of hydrogen-bond acceptors (Lipinski definition) is 7. The fraction of sp³-hybridized carbons (Fsp3) is 0.250. The number of pyridine rings is 1. The predicted octanol–water partition coefficient (Wildman–Crippen LogP) is 4.01. The topological polar surface area (TPSA) is 70.1 Å². The number of ketones is 1. The maximum Gasteiger partial charge on any atom is 0.203 e. The van der Waals surface area contributed by atoms with Crippen molar-refractivity contribution in [3.05, 3.63) is 71.9 Å². The number of hydrogen-bond donors (Lipinski definition) is 0. The van der Waals surface area contributed by atoms with Crippen molar-refractivity contribution < 1.29 is 23.7 Å². The predicted molar refractivity (Wildman–Crippen MR) is 119 cm³/mol. The van der Waals surface area contributed by atoms with Gasteiger partial charge in [0.2, 0.25) is 5.75 Å². The molecular formula is C24H26N2O5. The van der Waals surface area contributed by atoms with Crippen molar-refractivity contribution >= 4 is 11.6 Å². The molecular weight excluding hydrogens is 396 g/mol. The van der Waals surface area contributed by atoms with Gasteiger partial charge >= 0.3 is 0 Å². The first-order valence-corrected chi connectivity index (χ1v) is 9.71. The molecule has 7 nitrogen and oxygen atoms in total. The van der Waals surface area contributed by atoms with Crippen LogP contribution in [0.3, 0.4) is 0 Å². The molecule has 0 saturated carbocycles. The summed E-state index contributed by atoms with van der Waals surface area (Å²) in [6, 6.07) is 16.4. The number of benzene rings is 2. The highest BCUT2D eigenvalue weighted by Crippen LogP contribution is 2.38. The Balaban J connectivity index is 1.90. The number of rotatable bonds is 10. The lowest BCUT2D eigenvalue weighted by Crippen LogP contribution is -2.30. The number of aromatic nitrogens is 1. The van der Waals surface area contributed by atoms with Gasteiger partial charge in [-0.25, -0.2) is 4.98 Å². The van der Waals surface area contributed by atoms with Crippen LogP contribution in [0.4, 0.5) is 5.82 Å². The van der Waals surface area contributed by atoms with Crippen molar-refractivity contribution in [2.45, 2.75) is 6.54 Å². The van der Waals surface area contributed by atoms with E-state index in [1.807, 2.05) is 35.2 Å². The first-order valence-electron chi connectivity index (χ1n) is 9.71. The summed E-state index contributed by atoms with van der Waals surface area (Å²) in [6.45, 7) is 0.579. The van der Waals surface area contributed by atoms with Crippen molar-refractivity contribution in [1.82, 2.24) is 4.98 Å². The highest BCUT2D eigenvalue weighted by atomic mass is 16.5. The molecule has 1 heterocycles. The van der Waals surface area contributed by atoms with Crippen molar-refractivity contribution in [3.63, 3.8) is 0 Å². The molecule has 1 aromatic heterocycles. The number of anilines is 1. The van der Waals surface area contributed by atoms with Gasteiger partial charge in [-0.3, -0.25) is 4.79 Å². The summed E-state index contributed by atoms with van der Waals surface area (Å²) in [4.78, 5) is 19.3. The fourth-order valence-electron chi connectivity index (χ4n) is 3.25. The highest BCUT2D eigenvalue weighted by molar-refractivity contribution is 5.99. The molecule has 0 spiro atoms. The van der Waals surface area contributed by atoms with Gasteiger partial charge < -0.3 is 23.8 Å². The SMILES string of the molecule is COc1ccc(C(=O)CN(Cc2cc(OC)c(OC)c(OC)c2)c2ccccn2)cc1. The highest BCUT2D eigenvalue weighted by Gasteiger charge is 2.18. The van der Waals surface area contributed by atoms with Crippen molar-refractivity contribution in [3.8, 4) is 23.0 Å². The lowest BCUT2D eigenvalue weighted by molar-refractivity contribution is 0.0998. The Morgan fingerprint density at radius 1 is 0.871 bits per heavy atom. The second kappa shape index (κ2) is 10.3. The maximum absolute atomic E-state index is 13.0. The van der Waals surface area contributed by atoms with Gasteiger partial charge in [0.1, 0.15) is 11.6 Å². The molecule has 0 bridgehead atoms. The minimum Gasteiger partial charge on any atom is -0.497 e. The first kappa shape index (κ1) is 22.0. The average molecular weight is 422 g/mol. The summed E-state index contributed by atoms with van der Waals surface area (Å²) in [5.74, 6) is 3.00. The number of carbonyl (C=O) groups excluding carboxylic acids is 1. The average Bonchev–Trinajstić information content (AvgIpc) is 2.83. The molecule has 0 amide bonds. The second-order valence-electron chi connectivity index (χ2n) is 6.73. The van der Waals surface area contributed by atoms with E-state index in [0.29, 0.717) is 40.9 Å². The van der Waals surface area contributed by atoms with Gasteiger partial charge in [-0.15, -0.1) is 0 Å². The Morgan fingerprint density at radius 3 is 2.06 bits per heavy atom. The van der Waals surface area contributed by atoms with Crippen LogP contribution in [0.2, 0.25) is 0 Å². The molecule has 0 aliphatic carbocycles. The molecule has 0 N–H and O–H groups in total. The van der Waals surface area contributed by atoms with E-state index in [1.54, 1.807) is 58.9 Å². The number of nitrogens with zero attached hydrogens (tertiary/aromatic N) is 2. The second-order valence-corrected chi connectivity index (χ2v) is 6.73. The molecule has 0 atom stereocenters. The van der Waals surface area contributed by atoms with E-state index in [2.05, 4.69) is 4.98 Å². The molecule has 3 aromatic rings. The van der Waals surface area contributed by atoms with Crippen LogP contribution in [-0.4, -0.2) is 45.8 Å². The van der Waals surface area contributed by atoms with Gasteiger partial charge in [-0.05, 0) is 54.1 Å². The molecule has 0 aliphatic rings. The lowest BCUT2D eigenvalue weighted by atomic mass is 10.1. The van der Waals surface area contributed by atoms with Gasteiger partial charge in [-0.1, -0.05) is 6.07 Å². The van der Waals surface area contributed by atoms with Crippen LogP contribution in [0.1, 0.15) is 15.9 Å². The van der Waals surface area contributed by atoms with Crippen LogP contribution in [0, 0.1) is 0 Å². The number of methoxy groups -OCH3 is 4. The zero-order valence-corrected chi connectivity index (χ0v) is 18.1. The Labute approximate surface area is 182 Å². The van der Waals surface area contributed by atoms with Crippen LogP contribution >= 0.6 is 0 Å². The number of ether oxygens (including phenoxy) is 4. The summed E-state index contributed by atoms with van der Waals surface area (Å²) in [5, 5.41) is 0.